The van der Waals surface area contributed by atoms with Crippen molar-refractivity contribution >= 4 is 21.9 Å². The number of rotatable bonds is 1. The van der Waals surface area contributed by atoms with Crippen molar-refractivity contribution in [2.45, 2.75) is 13.8 Å². The van der Waals surface area contributed by atoms with Gasteiger partial charge in [-0.2, -0.15) is 0 Å². The third-order valence-corrected chi connectivity index (χ3v) is 3.77. The number of aromatic amines is 2. The minimum Gasteiger partial charge on any atom is -0.358 e. The standard InChI is InChI=1S/C17H15N3/c1-10-7-8-14-15(9-10)20-17(19-14)16-11(2)18-13-6-4-3-5-12(13)16/h3-9,18H,1-2H3,(H,19,20). The highest BCUT2D eigenvalue weighted by atomic mass is 14.9. The van der Waals surface area contributed by atoms with Gasteiger partial charge in [-0.25, -0.2) is 4.98 Å². The molecule has 3 heteroatoms. The van der Waals surface area contributed by atoms with Crippen LogP contribution >= 0.6 is 0 Å². The lowest BCUT2D eigenvalue weighted by molar-refractivity contribution is 1.26. The highest BCUT2D eigenvalue weighted by Gasteiger charge is 2.13. The first kappa shape index (κ1) is 11.3. The Morgan fingerprint density at radius 1 is 0.900 bits per heavy atom. The Bertz CT molecular complexity index is 928. The van der Waals surface area contributed by atoms with Crippen LogP contribution in [0.3, 0.4) is 0 Å². The van der Waals surface area contributed by atoms with Gasteiger partial charge >= 0.3 is 0 Å². The molecule has 2 aromatic carbocycles. The van der Waals surface area contributed by atoms with Crippen LogP contribution in [0, 0.1) is 13.8 Å². The molecule has 3 nitrogen and oxygen atoms in total. The summed E-state index contributed by atoms with van der Waals surface area (Å²) in [5.41, 5.74) is 6.79. The molecule has 0 fully saturated rings. The van der Waals surface area contributed by atoms with E-state index in [9.17, 15) is 0 Å². The van der Waals surface area contributed by atoms with Crippen LogP contribution in [0.1, 0.15) is 11.3 Å². The molecule has 0 spiro atoms. The summed E-state index contributed by atoms with van der Waals surface area (Å²) in [5, 5.41) is 1.21. The molecule has 20 heavy (non-hydrogen) atoms. The van der Waals surface area contributed by atoms with Crippen molar-refractivity contribution in [1.82, 2.24) is 15.0 Å². The number of hydrogen-bond acceptors (Lipinski definition) is 1. The number of aromatic nitrogens is 3. The van der Waals surface area contributed by atoms with Crippen LogP contribution in [0.5, 0.6) is 0 Å². The van der Waals surface area contributed by atoms with E-state index >= 15 is 0 Å². The van der Waals surface area contributed by atoms with Gasteiger partial charge in [-0.05, 0) is 37.6 Å². The number of nitrogens with zero attached hydrogens (tertiary/aromatic N) is 1. The van der Waals surface area contributed by atoms with Gasteiger partial charge < -0.3 is 9.97 Å². The van der Waals surface area contributed by atoms with Crippen molar-refractivity contribution in [3.05, 3.63) is 53.7 Å². The van der Waals surface area contributed by atoms with Crippen LogP contribution in [-0.2, 0) is 0 Å². The smallest absolute Gasteiger partial charge is 0.140 e. The van der Waals surface area contributed by atoms with E-state index in [-0.39, 0.29) is 0 Å². The predicted octanol–water partition coefficient (Wildman–Crippen LogP) is 4.33. The maximum absolute atomic E-state index is 4.73. The number of H-pyrrole nitrogens is 2. The molecule has 0 bridgehead atoms. The zero-order valence-corrected chi connectivity index (χ0v) is 11.5. The number of benzene rings is 2. The Morgan fingerprint density at radius 3 is 2.65 bits per heavy atom. The second-order valence-corrected chi connectivity index (χ2v) is 5.28. The van der Waals surface area contributed by atoms with Crippen molar-refractivity contribution < 1.29 is 0 Å². The van der Waals surface area contributed by atoms with Crippen molar-refractivity contribution in [2.75, 3.05) is 0 Å². The van der Waals surface area contributed by atoms with Gasteiger partial charge in [0.15, 0.2) is 0 Å². The van der Waals surface area contributed by atoms with E-state index in [1.165, 1.54) is 10.9 Å². The Hall–Kier alpha value is -2.55. The lowest BCUT2D eigenvalue weighted by Gasteiger charge is -1.96. The number of imidazole rings is 1. The van der Waals surface area contributed by atoms with E-state index in [4.69, 9.17) is 4.98 Å². The SMILES string of the molecule is Cc1ccc2nc(-c3c(C)[nH]c4ccccc34)[nH]c2c1. The summed E-state index contributed by atoms with van der Waals surface area (Å²) in [4.78, 5) is 11.6. The Kier molecular flexibility index (Phi) is 2.24. The normalized spacial score (nSPS) is 11.5. The van der Waals surface area contributed by atoms with Crippen LogP contribution in [0.25, 0.3) is 33.3 Å². The van der Waals surface area contributed by atoms with Crippen LogP contribution in [0.2, 0.25) is 0 Å². The van der Waals surface area contributed by atoms with Gasteiger partial charge in [-0.1, -0.05) is 24.3 Å². The second kappa shape index (κ2) is 3.97. The summed E-state index contributed by atoms with van der Waals surface area (Å²) in [6, 6.07) is 14.6. The minimum atomic E-state index is 0.931. The molecule has 0 atom stereocenters. The summed E-state index contributed by atoms with van der Waals surface area (Å²) in [5.74, 6) is 0.931. The third-order valence-electron chi connectivity index (χ3n) is 3.77. The minimum absolute atomic E-state index is 0.931. The molecular weight excluding hydrogens is 246 g/mol. The van der Waals surface area contributed by atoms with Crippen molar-refractivity contribution in [3.8, 4) is 11.4 Å². The van der Waals surface area contributed by atoms with Gasteiger partial charge in [0.05, 0.1) is 11.0 Å². The van der Waals surface area contributed by atoms with E-state index < -0.39 is 0 Å². The van der Waals surface area contributed by atoms with E-state index in [0.717, 1.165) is 33.6 Å². The number of fused-ring (bicyclic) bond motifs is 2. The summed E-state index contributed by atoms with van der Waals surface area (Å²) in [6.07, 6.45) is 0. The van der Waals surface area contributed by atoms with Crippen molar-refractivity contribution in [3.63, 3.8) is 0 Å². The molecule has 0 aliphatic heterocycles. The Morgan fingerprint density at radius 2 is 1.75 bits per heavy atom. The monoisotopic (exact) mass is 261 g/mol. The molecule has 98 valence electrons. The number of aryl methyl sites for hydroxylation is 2. The van der Waals surface area contributed by atoms with Crippen LogP contribution in [-0.4, -0.2) is 15.0 Å². The predicted molar refractivity (Wildman–Crippen MR) is 82.9 cm³/mol. The molecule has 2 heterocycles. The summed E-state index contributed by atoms with van der Waals surface area (Å²) in [6.45, 7) is 4.19. The highest BCUT2D eigenvalue weighted by molar-refractivity contribution is 5.97. The first-order valence-electron chi connectivity index (χ1n) is 6.76. The Labute approximate surface area is 116 Å². The molecule has 4 rings (SSSR count). The zero-order valence-electron chi connectivity index (χ0n) is 11.5. The molecule has 0 radical (unpaired) electrons. The van der Waals surface area contributed by atoms with Crippen LogP contribution < -0.4 is 0 Å². The largest absolute Gasteiger partial charge is 0.358 e. The van der Waals surface area contributed by atoms with E-state index in [2.05, 4.69) is 60.2 Å². The lowest BCUT2D eigenvalue weighted by Crippen LogP contribution is -1.81. The molecule has 0 amide bonds. The number of hydrogen-bond donors (Lipinski definition) is 2. The zero-order chi connectivity index (χ0) is 13.7. The molecule has 0 aliphatic carbocycles. The van der Waals surface area contributed by atoms with E-state index in [1.807, 2.05) is 6.07 Å². The highest BCUT2D eigenvalue weighted by Crippen LogP contribution is 2.31. The van der Waals surface area contributed by atoms with Gasteiger partial charge in [0.25, 0.3) is 0 Å². The summed E-state index contributed by atoms with van der Waals surface area (Å²) >= 11 is 0. The number of para-hydroxylation sites is 1. The summed E-state index contributed by atoms with van der Waals surface area (Å²) in [7, 11) is 0. The van der Waals surface area contributed by atoms with E-state index in [0.29, 0.717) is 0 Å². The molecule has 0 aliphatic rings. The third kappa shape index (κ3) is 1.56. The quantitative estimate of drug-likeness (QED) is 0.526. The maximum atomic E-state index is 4.73. The van der Waals surface area contributed by atoms with Crippen LogP contribution in [0.15, 0.2) is 42.5 Å². The first-order chi connectivity index (χ1) is 9.72. The molecule has 0 saturated heterocycles. The molecule has 0 saturated carbocycles. The molecular formula is C17H15N3. The number of nitrogens with one attached hydrogen (secondary N) is 2. The van der Waals surface area contributed by atoms with Gasteiger partial charge in [-0.3, -0.25) is 0 Å². The van der Waals surface area contributed by atoms with Crippen molar-refractivity contribution in [2.24, 2.45) is 0 Å². The van der Waals surface area contributed by atoms with Gasteiger partial charge in [0.2, 0.25) is 0 Å². The fourth-order valence-corrected chi connectivity index (χ4v) is 2.82. The molecule has 2 aromatic heterocycles. The van der Waals surface area contributed by atoms with E-state index in [1.54, 1.807) is 0 Å². The molecule has 4 aromatic rings. The average molecular weight is 261 g/mol. The molecule has 0 unspecified atom stereocenters. The molecule has 2 N–H and O–H groups in total. The Balaban J connectivity index is 2.03. The fourth-order valence-electron chi connectivity index (χ4n) is 2.82. The lowest BCUT2D eigenvalue weighted by atomic mass is 10.1. The van der Waals surface area contributed by atoms with Gasteiger partial charge in [0.1, 0.15) is 5.82 Å². The van der Waals surface area contributed by atoms with Gasteiger partial charge in [-0.15, -0.1) is 0 Å². The second-order valence-electron chi connectivity index (χ2n) is 5.28. The topological polar surface area (TPSA) is 44.5 Å². The van der Waals surface area contributed by atoms with Gasteiger partial charge in [0, 0.05) is 22.2 Å². The van der Waals surface area contributed by atoms with Crippen molar-refractivity contribution in [1.29, 1.82) is 0 Å². The fraction of sp³-hybridized carbons (Fsp3) is 0.118. The van der Waals surface area contributed by atoms with Crippen LogP contribution in [0.4, 0.5) is 0 Å². The maximum Gasteiger partial charge on any atom is 0.140 e. The summed E-state index contributed by atoms with van der Waals surface area (Å²) < 4.78 is 0. The first-order valence-corrected chi connectivity index (χ1v) is 6.76. The average Bonchev–Trinajstić information content (AvgIpc) is 2.97.